The molecule has 3 rings (SSSR count). The monoisotopic (exact) mass is 399 g/mol. The van der Waals surface area contributed by atoms with Gasteiger partial charge in [0.25, 0.3) is 10.0 Å². The van der Waals surface area contributed by atoms with Gasteiger partial charge in [-0.1, -0.05) is 12.8 Å². The Morgan fingerprint density at radius 3 is 2.65 bits per heavy atom. The maximum absolute atomic E-state index is 12.4. The van der Waals surface area contributed by atoms with Gasteiger partial charge >= 0.3 is 0 Å². The molecule has 1 aromatic rings. The van der Waals surface area contributed by atoms with Gasteiger partial charge in [-0.2, -0.15) is 0 Å². The lowest BCUT2D eigenvalue weighted by Gasteiger charge is -2.23. The molecular formula is C17H25N3O4S2. The molecule has 2 fully saturated rings. The Kier molecular flexibility index (Phi) is 5.69. The number of amides is 2. The van der Waals surface area contributed by atoms with E-state index in [1.165, 1.54) is 18.4 Å². The number of rotatable bonds is 6. The lowest BCUT2D eigenvalue weighted by Crippen LogP contribution is -2.36. The molecule has 1 saturated carbocycles. The maximum Gasteiger partial charge on any atom is 0.252 e. The molecule has 0 radical (unpaired) electrons. The van der Waals surface area contributed by atoms with E-state index in [2.05, 4.69) is 5.32 Å². The van der Waals surface area contributed by atoms with E-state index in [0.717, 1.165) is 41.9 Å². The van der Waals surface area contributed by atoms with Gasteiger partial charge in [-0.05, 0) is 25.0 Å². The molecule has 26 heavy (non-hydrogen) atoms. The van der Waals surface area contributed by atoms with Crippen molar-refractivity contribution in [2.24, 2.45) is 5.92 Å². The van der Waals surface area contributed by atoms with E-state index in [1.807, 2.05) is 4.90 Å². The molecule has 2 heterocycles. The van der Waals surface area contributed by atoms with E-state index in [0.29, 0.717) is 12.6 Å². The summed E-state index contributed by atoms with van der Waals surface area (Å²) in [6.45, 7) is 0.778. The molecule has 0 aromatic carbocycles. The van der Waals surface area contributed by atoms with Crippen molar-refractivity contribution in [2.75, 3.05) is 20.6 Å². The summed E-state index contributed by atoms with van der Waals surface area (Å²) in [5, 5.41) is 2.85. The van der Waals surface area contributed by atoms with E-state index in [1.54, 1.807) is 12.1 Å². The first-order chi connectivity index (χ1) is 12.3. The zero-order chi connectivity index (χ0) is 18.9. The predicted molar refractivity (Wildman–Crippen MR) is 99.1 cm³/mol. The van der Waals surface area contributed by atoms with Crippen LogP contribution in [0.3, 0.4) is 0 Å². The van der Waals surface area contributed by atoms with Crippen LogP contribution in [0.4, 0.5) is 0 Å². The van der Waals surface area contributed by atoms with Crippen LogP contribution in [0.5, 0.6) is 0 Å². The molecule has 1 atom stereocenters. The summed E-state index contributed by atoms with van der Waals surface area (Å²) in [4.78, 5) is 27.3. The maximum atomic E-state index is 12.4. The third kappa shape index (κ3) is 3.94. The zero-order valence-corrected chi connectivity index (χ0v) is 16.7. The van der Waals surface area contributed by atoms with Gasteiger partial charge in [-0.3, -0.25) is 9.59 Å². The second-order valence-corrected chi connectivity index (χ2v) is 10.7. The van der Waals surface area contributed by atoms with Crippen molar-refractivity contribution in [2.45, 2.75) is 48.9 Å². The second-order valence-electron chi connectivity index (χ2n) is 7.11. The molecule has 1 N–H and O–H groups in total. The van der Waals surface area contributed by atoms with Crippen LogP contribution in [0, 0.1) is 5.92 Å². The average Bonchev–Trinajstić information content (AvgIpc) is 3.32. The number of sulfonamides is 1. The molecule has 144 valence electrons. The molecule has 7 nitrogen and oxygen atoms in total. The highest BCUT2D eigenvalue weighted by molar-refractivity contribution is 7.91. The summed E-state index contributed by atoms with van der Waals surface area (Å²) in [7, 11) is -0.467. The summed E-state index contributed by atoms with van der Waals surface area (Å²) in [6, 6.07) is 3.57. The minimum Gasteiger partial charge on any atom is -0.351 e. The molecule has 1 aliphatic carbocycles. The highest BCUT2D eigenvalue weighted by Crippen LogP contribution is 2.29. The van der Waals surface area contributed by atoms with E-state index in [4.69, 9.17) is 0 Å². The van der Waals surface area contributed by atoms with E-state index < -0.39 is 10.0 Å². The second kappa shape index (κ2) is 7.66. The largest absolute Gasteiger partial charge is 0.351 e. The third-order valence-electron chi connectivity index (χ3n) is 5.10. The number of thiophene rings is 1. The number of carbonyl (C=O) groups excluding carboxylic acids is 2. The van der Waals surface area contributed by atoms with E-state index in [9.17, 15) is 18.0 Å². The van der Waals surface area contributed by atoms with Crippen molar-refractivity contribution in [1.82, 2.24) is 14.5 Å². The normalized spacial score (nSPS) is 21.7. The van der Waals surface area contributed by atoms with Crippen molar-refractivity contribution >= 4 is 33.2 Å². The van der Waals surface area contributed by atoms with Crippen LogP contribution in [0.15, 0.2) is 16.3 Å². The van der Waals surface area contributed by atoms with Crippen molar-refractivity contribution in [3.63, 3.8) is 0 Å². The Morgan fingerprint density at radius 2 is 2.00 bits per heavy atom. The Balaban J connectivity index is 1.55. The van der Waals surface area contributed by atoms with Gasteiger partial charge in [-0.15, -0.1) is 11.3 Å². The number of nitrogens with zero attached hydrogens (tertiary/aromatic N) is 2. The smallest absolute Gasteiger partial charge is 0.252 e. The van der Waals surface area contributed by atoms with Crippen molar-refractivity contribution < 1.29 is 18.0 Å². The van der Waals surface area contributed by atoms with Gasteiger partial charge in [0, 0.05) is 38.0 Å². The van der Waals surface area contributed by atoms with Crippen LogP contribution in [-0.4, -0.2) is 56.1 Å². The minimum atomic E-state index is -3.45. The van der Waals surface area contributed by atoms with Crippen molar-refractivity contribution in [3.8, 4) is 0 Å². The van der Waals surface area contributed by atoms with Crippen LogP contribution in [0.25, 0.3) is 0 Å². The van der Waals surface area contributed by atoms with Crippen LogP contribution < -0.4 is 5.32 Å². The van der Waals surface area contributed by atoms with Gasteiger partial charge < -0.3 is 10.2 Å². The van der Waals surface area contributed by atoms with Gasteiger partial charge in [0.1, 0.15) is 4.21 Å². The van der Waals surface area contributed by atoms with Gasteiger partial charge in [0.15, 0.2) is 0 Å². The van der Waals surface area contributed by atoms with E-state index in [-0.39, 0.29) is 34.9 Å². The number of likely N-dealkylation sites (tertiary alicyclic amines) is 1. The minimum absolute atomic E-state index is 0.0764. The highest BCUT2D eigenvalue weighted by Gasteiger charge is 2.38. The molecule has 2 aliphatic rings. The van der Waals surface area contributed by atoms with Crippen LogP contribution >= 0.6 is 11.3 Å². The van der Waals surface area contributed by atoms with Gasteiger partial charge in [0.05, 0.1) is 12.5 Å². The van der Waals surface area contributed by atoms with E-state index >= 15 is 0 Å². The zero-order valence-electron chi connectivity index (χ0n) is 15.1. The summed E-state index contributed by atoms with van der Waals surface area (Å²) in [5.41, 5.74) is 0. The number of carbonyl (C=O) groups is 2. The molecule has 0 unspecified atom stereocenters. The standard InChI is InChI=1S/C17H25N3O4S2/c1-19(2)26(23,24)16-8-7-14(25-16)10-18-17(22)12-9-15(21)20(11-12)13-5-3-4-6-13/h7-8,12-13H,3-6,9-11H2,1-2H3,(H,18,22)/t12-/m1/s1. The lowest BCUT2D eigenvalue weighted by molar-refractivity contribution is -0.130. The Labute approximate surface area is 158 Å². The van der Waals surface area contributed by atoms with Crippen LogP contribution in [-0.2, 0) is 26.2 Å². The fourth-order valence-corrected chi connectivity index (χ4v) is 6.03. The lowest BCUT2D eigenvalue weighted by atomic mass is 10.1. The van der Waals surface area contributed by atoms with Crippen molar-refractivity contribution in [3.05, 3.63) is 17.0 Å². The fraction of sp³-hybridized carbons (Fsp3) is 0.647. The average molecular weight is 400 g/mol. The molecule has 0 bridgehead atoms. The Bertz CT molecular complexity index is 782. The Morgan fingerprint density at radius 1 is 1.31 bits per heavy atom. The molecule has 2 amide bonds. The molecular weight excluding hydrogens is 374 g/mol. The molecule has 1 aromatic heterocycles. The third-order valence-corrected chi connectivity index (χ3v) is 8.47. The summed E-state index contributed by atoms with van der Waals surface area (Å²) >= 11 is 1.15. The fourth-order valence-electron chi connectivity index (χ4n) is 3.57. The van der Waals surface area contributed by atoms with Crippen LogP contribution in [0.1, 0.15) is 37.0 Å². The number of nitrogens with one attached hydrogen (secondary N) is 1. The molecule has 1 saturated heterocycles. The summed E-state index contributed by atoms with van der Waals surface area (Å²) < 4.78 is 25.6. The highest BCUT2D eigenvalue weighted by atomic mass is 32.2. The molecule has 0 spiro atoms. The first kappa shape index (κ1) is 19.3. The summed E-state index contributed by atoms with van der Waals surface area (Å²) in [6.07, 6.45) is 4.66. The van der Waals surface area contributed by atoms with Crippen LogP contribution in [0.2, 0.25) is 0 Å². The summed E-state index contributed by atoms with van der Waals surface area (Å²) in [5.74, 6) is -0.371. The number of hydrogen-bond donors (Lipinski definition) is 1. The predicted octanol–water partition coefficient (Wildman–Crippen LogP) is 1.41. The first-order valence-electron chi connectivity index (χ1n) is 8.87. The van der Waals surface area contributed by atoms with Gasteiger partial charge in [0.2, 0.25) is 11.8 Å². The van der Waals surface area contributed by atoms with Gasteiger partial charge in [-0.25, -0.2) is 12.7 Å². The first-order valence-corrected chi connectivity index (χ1v) is 11.1. The number of hydrogen-bond acceptors (Lipinski definition) is 5. The molecule has 1 aliphatic heterocycles. The quantitative estimate of drug-likeness (QED) is 0.783. The SMILES string of the molecule is CN(C)S(=O)(=O)c1ccc(CNC(=O)[C@@H]2CC(=O)N(C3CCCC3)C2)s1. The Hall–Kier alpha value is -1.45. The molecule has 9 heteroatoms. The van der Waals surface area contributed by atoms with Crippen molar-refractivity contribution in [1.29, 1.82) is 0 Å². The topological polar surface area (TPSA) is 86.8 Å².